The molecule has 9 nitrogen and oxygen atoms in total. The number of hydrogen-bond donors (Lipinski definition) is 2. The number of aromatic carboxylic acids is 1. The van der Waals surface area contributed by atoms with Crippen molar-refractivity contribution in [2.75, 3.05) is 5.73 Å². The number of nitrogens with zero attached hydrogens (tertiary/aromatic N) is 4. The van der Waals surface area contributed by atoms with Crippen LogP contribution in [0.25, 0.3) is 11.2 Å². The summed E-state index contributed by atoms with van der Waals surface area (Å²) in [6, 6.07) is 6.11. The Kier molecular flexibility index (Phi) is 5.21. The molecule has 3 heterocycles. The molecule has 4 rings (SSSR count). The van der Waals surface area contributed by atoms with Gasteiger partial charge in [0.15, 0.2) is 17.2 Å². The Morgan fingerprint density at radius 3 is 2.70 bits per heavy atom. The fourth-order valence-corrected chi connectivity index (χ4v) is 3.97. The third-order valence-electron chi connectivity index (χ3n) is 5.93. The molecule has 0 amide bonds. The van der Waals surface area contributed by atoms with E-state index in [1.54, 1.807) is 18.5 Å². The summed E-state index contributed by atoms with van der Waals surface area (Å²) in [6.45, 7) is 4.21. The Balaban J connectivity index is 1.47. The van der Waals surface area contributed by atoms with Gasteiger partial charge in [0.25, 0.3) is 0 Å². The number of hydrogen-bond acceptors (Lipinski definition) is 7. The molecule has 0 spiro atoms. The van der Waals surface area contributed by atoms with E-state index in [4.69, 9.17) is 15.6 Å². The van der Waals surface area contributed by atoms with E-state index in [-0.39, 0.29) is 41.9 Å². The number of carboxylic acids is 1. The zero-order valence-electron chi connectivity index (χ0n) is 16.7. The third kappa shape index (κ3) is 3.52. The van der Waals surface area contributed by atoms with Crippen LogP contribution < -0.4 is 5.73 Å². The number of carboxylic acid groups (broad SMARTS) is 1. The average Bonchev–Trinajstić information content (AvgIpc) is 3.29. The molecule has 3 aromatic rings. The summed E-state index contributed by atoms with van der Waals surface area (Å²) in [5, 5.41) is 9.11. The molecule has 1 fully saturated rings. The number of rotatable bonds is 6. The van der Waals surface area contributed by atoms with E-state index in [9.17, 15) is 9.59 Å². The monoisotopic (exact) mass is 409 g/mol. The van der Waals surface area contributed by atoms with Crippen LogP contribution in [0.15, 0.2) is 36.9 Å². The Morgan fingerprint density at radius 2 is 1.93 bits per heavy atom. The van der Waals surface area contributed by atoms with Gasteiger partial charge in [-0.2, -0.15) is 0 Å². The van der Waals surface area contributed by atoms with Gasteiger partial charge < -0.3 is 15.6 Å². The number of Topliss-reactive ketones (excluding diaryl/α,β-unsaturated/α-hetero) is 1. The van der Waals surface area contributed by atoms with Crippen LogP contribution in [-0.2, 0) is 4.74 Å². The van der Waals surface area contributed by atoms with Gasteiger partial charge >= 0.3 is 5.97 Å². The van der Waals surface area contributed by atoms with Gasteiger partial charge in [-0.05, 0) is 24.5 Å². The summed E-state index contributed by atoms with van der Waals surface area (Å²) < 4.78 is 8.17. The van der Waals surface area contributed by atoms with Crippen LogP contribution in [0.5, 0.6) is 0 Å². The summed E-state index contributed by atoms with van der Waals surface area (Å²) in [5.74, 6) is -0.438. The number of carbonyl (C=O) groups excluding carboxylic acids is 1. The summed E-state index contributed by atoms with van der Waals surface area (Å²) >= 11 is 0. The van der Waals surface area contributed by atoms with Crippen molar-refractivity contribution in [1.29, 1.82) is 0 Å². The molecule has 4 atom stereocenters. The first-order chi connectivity index (χ1) is 14.4. The molecule has 0 radical (unpaired) electrons. The lowest BCUT2D eigenvalue weighted by Gasteiger charge is -2.17. The van der Waals surface area contributed by atoms with Gasteiger partial charge in [-0.25, -0.2) is 19.7 Å². The second-order valence-corrected chi connectivity index (χ2v) is 7.71. The minimum absolute atomic E-state index is 0.0985. The molecule has 1 saturated heterocycles. The van der Waals surface area contributed by atoms with E-state index < -0.39 is 5.97 Å². The Labute approximate surface area is 172 Å². The maximum Gasteiger partial charge on any atom is 0.335 e. The predicted molar refractivity (Wildman–Crippen MR) is 109 cm³/mol. The number of aromatic nitrogens is 4. The molecule has 2 aromatic heterocycles. The number of anilines is 1. The van der Waals surface area contributed by atoms with E-state index in [1.165, 1.54) is 18.5 Å². The molecular weight excluding hydrogens is 386 g/mol. The number of imidazole rings is 1. The topological polar surface area (TPSA) is 133 Å². The normalized spacial score (nSPS) is 23.7. The van der Waals surface area contributed by atoms with Gasteiger partial charge in [0.1, 0.15) is 18.1 Å². The number of fused-ring (bicyclic) bond motifs is 1. The van der Waals surface area contributed by atoms with Crippen LogP contribution in [0.2, 0.25) is 0 Å². The first kappa shape index (κ1) is 20.0. The number of benzene rings is 1. The number of carbonyl (C=O) groups is 2. The SMILES string of the molecule is C[C@@H]1C(CCC(=O)c2cccc(C(=O)O)c2)OC(n2cnc3c(N)ncnc32)[C@@H]1C. The fraction of sp³-hybridized carbons (Fsp3) is 0.381. The maximum absolute atomic E-state index is 12.6. The highest BCUT2D eigenvalue weighted by Gasteiger charge is 2.40. The lowest BCUT2D eigenvalue weighted by atomic mass is 9.89. The molecule has 1 aliphatic rings. The van der Waals surface area contributed by atoms with Crippen molar-refractivity contribution in [2.24, 2.45) is 11.8 Å². The number of nitrogens with two attached hydrogens (primary N) is 1. The summed E-state index contributed by atoms with van der Waals surface area (Å²) in [6.07, 6.45) is 3.50. The van der Waals surface area contributed by atoms with Crippen LogP contribution in [0.4, 0.5) is 5.82 Å². The van der Waals surface area contributed by atoms with Crippen molar-refractivity contribution in [2.45, 2.75) is 39.0 Å². The van der Waals surface area contributed by atoms with Crippen molar-refractivity contribution in [3.63, 3.8) is 0 Å². The fourth-order valence-electron chi connectivity index (χ4n) is 3.97. The third-order valence-corrected chi connectivity index (χ3v) is 5.93. The zero-order valence-corrected chi connectivity index (χ0v) is 16.7. The first-order valence-corrected chi connectivity index (χ1v) is 9.82. The van der Waals surface area contributed by atoms with E-state index >= 15 is 0 Å². The molecule has 0 saturated carbocycles. The molecule has 3 N–H and O–H groups in total. The van der Waals surface area contributed by atoms with E-state index in [2.05, 4.69) is 28.8 Å². The van der Waals surface area contributed by atoms with Crippen molar-refractivity contribution in [3.05, 3.63) is 48.0 Å². The number of ketones is 1. The highest BCUT2D eigenvalue weighted by molar-refractivity contribution is 5.98. The predicted octanol–water partition coefficient (Wildman–Crippen LogP) is 2.94. The minimum atomic E-state index is -1.05. The van der Waals surface area contributed by atoms with Crippen molar-refractivity contribution >= 4 is 28.7 Å². The van der Waals surface area contributed by atoms with Gasteiger partial charge in [-0.1, -0.05) is 26.0 Å². The summed E-state index contributed by atoms with van der Waals surface area (Å²) in [7, 11) is 0. The van der Waals surface area contributed by atoms with E-state index in [0.717, 1.165) is 0 Å². The van der Waals surface area contributed by atoms with Gasteiger partial charge in [0, 0.05) is 17.9 Å². The molecule has 2 unspecified atom stereocenters. The first-order valence-electron chi connectivity index (χ1n) is 9.82. The van der Waals surface area contributed by atoms with Crippen molar-refractivity contribution < 1.29 is 19.4 Å². The lowest BCUT2D eigenvalue weighted by Crippen LogP contribution is -2.17. The standard InChI is InChI=1S/C21H23N5O4/c1-11-12(2)20(26-10-25-17-18(22)23-9-24-19(17)26)30-16(11)7-6-15(27)13-4-3-5-14(8-13)21(28)29/h3-5,8-12,16,20H,6-7H2,1-2H3,(H,28,29)(H2,22,23,24)/t11-,12+,16?,20?/m0/s1. The van der Waals surface area contributed by atoms with Gasteiger partial charge in [0.05, 0.1) is 18.0 Å². The molecule has 1 aliphatic heterocycles. The minimum Gasteiger partial charge on any atom is -0.478 e. The van der Waals surface area contributed by atoms with Crippen molar-refractivity contribution in [3.8, 4) is 0 Å². The number of ether oxygens (including phenoxy) is 1. The average molecular weight is 409 g/mol. The van der Waals surface area contributed by atoms with Crippen LogP contribution in [0.1, 0.15) is 53.6 Å². The van der Waals surface area contributed by atoms with Crippen LogP contribution in [-0.4, -0.2) is 42.5 Å². The molecule has 30 heavy (non-hydrogen) atoms. The molecule has 0 aliphatic carbocycles. The Bertz CT molecular complexity index is 1110. The van der Waals surface area contributed by atoms with Gasteiger partial charge in [-0.3, -0.25) is 9.36 Å². The molecule has 9 heteroatoms. The molecule has 1 aromatic carbocycles. The summed E-state index contributed by atoms with van der Waals surface area (Å²) in [5.41, 5.74) is 7.55. The smallest absolute Gasteiger partial charge is 0.335 e. The second-order valence-electron chi connectivity index (χ2n) is 7.71. The Morgan fingerprint density at radius 1 is 1.17 bits per heavy atom. The molecule has 156 valence electrons. The lowest BCUT2D eigenvalue weighted by molar-refractivity contribution is -0.0142. The van der Waals surface area contributed by atoms with Crippen LogP contribution in [0, 0.1) is 11.8 Å². The van der Waals surface area contributed by atoms with Crippen molar-refractivity contribution in [1.82, 2.24) is 19.5 Å². The highest BCUT2D eigenvalue weighted by Crippen LogP contribution is 2.41. The molecular formula is C21H23N5O4. The van der Waals surface area contributed by atoms with E-state index in [1.807, 2.05) is 4.57 Å². The number of nitrogen functional groups attached to an aromatic ring is 1. The quantitative estimate of drug-likeness (QED) is 0.594. The second kappa shape index (κ2) is 7.83. The summed E-state index contributed by atoms with van der Waals surface area (Å²) in [4.78, 5) is 36.3. The van der Waals surface area contributed by atoms with Gasteiger partial charge in [-0.15, -0.1) is 0 Å². The van der Waals surface area contributed by atoms with Gasteiger partial charge in [0.2, 0.25) is 0 Å². The van der Waals surface area contributed by atoms with Crippen LogP contribution in [0.3, 0.4) is 0 Å². The van der Waals surface area contributed by atoms with E-state index in [0.29, 0.717) is 29.0 Å². The Hall–Kier alpha value is -3.33. The zero-order chi connectivity index (χ0) is 21.4. The van der Waals surface area contributed by atoms with Crippen LogP contribution >= 0.6 is 0 Å². The highest BCUT2D eigenvalue weighted by atomic mass is 16.5. The largest absolute Gasteiger partial charge is 0.478 e. The maximum atomic E-state index is 12.6. The molecule has 0 bridgehead atoms.